The van der Waals surface area contributed by atoms with Crippen molar-refractivity contribution in [2.45, 2.75) is 6.54 Å². The fourth-order valence-corrected chi connectivity index (χ4v) is 2.56. The van der Waals surface area contributed by atoms with Gasteiger partial charge in [-0.2, -0.15) is 0 Å². The molecule has 0 aliphatic carbocycles. The highest BCUT2D eigenvalue weighted by molar-refractivity contribution is 5.94. The number of pyridine rings is 1. The minimum atomic E-state index is -0.199. The van der Waals surface area contributed by atoms with E-state index in [0.717, 1.165) is 0 Å². The van der Waals surface area contributed by atoms with Gasteiger partial charge in [-0.3, -0.25) is 14.4 Å². The van der Waals surface area contributed by atoms with Gasteiger partial charge in [-0.1, -0.05) is 6.07 Å². The Bertz CT molecular complexity index is 743. The van der Waals surface area contributed by atoms with Crippen LogP contribution in [0.1, 0.15) is 10.4 Å². The van der Waals surface area contributed by atoms with Gasteiger partial charge in [0.2, 0.25) is 5.91 Å². The lowest BCUT2D eigenvalue weighted by Gasteiger charge is -2.34. The monoisotopic (exact) mass is 315 g/mol. The van der Waals surface area contributed by atoms with E-state index in [-0.39, 0.29) is 23.9 Å². The maximum absolute atomic E-state index is 12.3. The number of hydrogen-bond donors (Lipinski definition) is 0. The first kappa shape index (κ1) is 15.1. The van der Waals surface area contributed by atoms with E-state index >= 15 is 0 Å². The Morgan fingerprint density at radius 1 is 1.04 bits per heavy atom. The lowest BCUT2D eigenvalue weighted by molar-refractivity contribution is -0.133. The molecule has 0 radical (unpaired) electrons. The Labute approximate surface area is 132 Å². The number of aromatic nitrogens is 1. The molecule has 2 aromatic rings. The van der Waals surface area contributed by atoms with Crippen molar-refractivity contribution in [3.8, 4) is 0 Å². The molecule has 7 heteroatoms. The summed E-state index contributed by atoms with van der Waals surface area (Å²) in [4.78, 5) is 39.5. The van der Waals surface area contributed by atoms with Crippen molar-refractivity contribution in [2.75, 3.05) is 26.2 Å². The molecule has 1 saturated heterocycles. The molecule has 0 spiro atoms. The van der Waals surface area contributed by atoms with Gasteiger partial charge in [-0.15, -0.1) is 0 Å². The van der Waals surface area contributed by atoms with Gasteiger partial charge < -0.3 is 18.8 Å². The summed E-state index contributed by atoms with van der Waals surface area (Å²) >= 11 is 0. The summed E-state index contributed by atoms with van der Waals surface area (Å²) in [7, 11) is 0. The van der Waals surface area contributed by atoms with E-state index in [1.165, 1.54) is 23.2 Å². The third-order valence-corrected chi connectivity index (χ3v) is 3.89. The third-order valence-electron chi connectivity index (χ3n) is 3.89. The summed E-state index contributed by atoms with van der Waals surface area (Å²) in [5.74, 6) is -0.209. The predicted molar refractivity (Wildman–Crippen MR) is 81.9 cm³/mol. The number of carbonyl (C=O) groups is 2. The molecule has 0 aromatic carbocycles. The third kappa shape index (κ3) is 3.33. The minimum absolute atomic E-state index is 0.0232. The molecular formula is C16H17N3O4. The van der Waals surface area contributed by atoms with Crippen LogP contribution in [0.2, 0.25) is 0 Å². The highest BCUT2D eigenvalue weighted by Crippen LogP contribution is 2.09. The van der Waals surface area contributed by atoms with E-state index in [4.69, 9.17) is 4.42 Å². The van der Waals surface area contributed by atoms with Gasteiger partial charge in [0.05, 0.1) is 11.8 Å². The molecule has 7 nitrogen and oxygen atoms in total. The van der Waals surface area contributed by atoms with E-state index in [0.29, 0.717) is 31.7 Å². The molecule has 2 amide bonds. The molecule has 0 unspecified atom stereocenters. The smallest absolute Gasteiger partial charge is 0.257 e. The van der Waals surface area contributed by atoms with Crippen LogP contribution >= 0.6 is 0 Å². The topological polar surface area (TPSA) is 75.8 Å². The maximum atomic E-state index is 12.3. The molecule has 3 heterocycles. The van der Waals surface area contributed by atoms with E-state index < -0.39 is 0 Å². The van der Waals surface area contributed by atoms with Gasteiger partial charge in [0.1, 0.15) is 12.8 Å². The minimum Gasteiger partial charge on any atom is -0.472 e. The van der Waals surface area contributed by atoms with Crippen LogP contribution in [0.5, 0.6) is 0 Å². The molecule has 0 bridgehead atoms. The fraction of sp³-hybridized carbons (Fsp3) is 0.312. The molecule has 1 fully saturated rings. The Morgan fingerprint density at radius 2 is 1.78 bits per heavy atom. The van der Waals surface area contributed by atoms with Crippen LogP contribution < -0.4 is 5.56 Å². The SMILES string of the molecule is O=C(Cn1ccccc1=O)N1CCN(C(=O)c2ccoc2)CC1. The van der Waals surface area contributed by atoms with Gasteiger partial charge in [0.25, 0.3) is 11.5 Å². The summed E-state index contributed by atoms with van der Waals surface area (Å²) < 4.78 is 6.30. The highest BCUT2D eigenvalue weighted by Gasteiger charge is 2.25. The number of rotatable bonds is 3. The first-order valence-corrected chi connectivity index (χ1v) is 7.40. The standard InChI is InChI=1S/C16H17N3O4/c20-14-3-1-2-5-19(14)11-15(21)17-6-8-18(9-7-17)16(22)13-4-10-23-12-13/h1-5,10,12H,6-9,11H2. The average molecular weight is 315 g/mol. The Balaban J connectivity index is 1.56. The number of carbonyl (C=O) groups excluding carboxylic acids is 2. The van der Waals surface area contributed by atoms with Crippen LogP contribution in [0.25, 0.3) is 0 Å². The maximum Gasteiger partial charge on any atom is 0.257 e. The lowest BCUT2D eigenvalue weighted by atomic mass is 10.2. The summed E-state index contributed by atoms with van der Waals surface area (Å²) in [6.45, 7) is 1.89. The molecule has 23 heavy (non-hydrogen) atoms. The Morgan fingerprint density at radius 3 is 2.43 bits per heavy atom. The van der Waals surface area contributed by atoms with E-state index in [9.17, 15) is 14.4 Å². The van der Waals surface area contributed by atoms with Crippen molar-refractivity contribution < 1.29 is 14.0 Å². The first-order chi connectivity index (χ1) is 11.1. The Hall–Kier alpha value is -2.83. The van der Waals surface area contributed by atoms with E-state index in [1.54, 1.807) is 34.2 Å². The zero-order valence-electron chi connectivity index (χ0n) is 12.6. The van der Waals surface area contributed by atoms with Crippen molar-refractivity contribution in [2.24, 2.45) is 0 Å². The van der Waals surface area contributed by atoms with E-state index in [2.05, 4.69) is 0 Å². The molecule has 0 saturated carbocycles. The molecule has 1 aliphatic heterocycles. The van der Waals surface area contributed by atoms with Crippen LogP contribution in [-0.2, 0) is 11.3 Å². The van der Waals surface area contributed by atoms with Crippen molar-refractivity contribution in [1.82, 2.24) is 14.4 Å². The van der Waals surface area contributed by atoms with Gasteiger partial charge in [0, 0.05) is 38.4 Å². The second kappa shape index (κ2) is 6.51. The summed E-state index contributed by atoms with van der Waals surface area (Å²) in [6, 6.07) is 6.41. The fourth-order valence-electron chi connectivity index (χ4n) is 2.56. The van der Waals surface area contributed by atoms with Crippen molar-refractivity contribution in [3.05, 3.63) is 58.9 Å². The molecule has 120 valence electrons. The van der Waals surface area contributed by atoms with Crippen molar-refractivity contribution >= 4 is 11.8 Å². The van der Waals surface area contributed by atoms with Crippen LogP contribution in [0.4, 0.5) is 0 Å². The number of furan rings is 1. The molecule has 0 atom stereocenters. The van der Waals surface area contributed by atoms with Crippen molar-refractivity contribution in [3.63, 3.8) is 0 Å². The zero-order valence-corrected chi connectivity index (χ0v) is 12.6. The highest BCUT2D eigenvalue weighted by atomic mass is 16.3. The summed E-state index contributed by atoms with van der Waals surface area (Å²) in [5.41, 5.74) is 0.315. The van der Waals surface area contributed by atoms with Crippen LogP contribution in [-0.4, -0.2) is 52.4 Å². The van der Waals surface area contributed by atoms with Gasteiger partial charge in [-0.05, 0) is 12.1 Å². The lowest BCUT2D eigenvalue weighted by Crippen LogP contribution is -2.51. The molecular weight excluding hydrogens is 298 g/mol. The van der Waals surface area contributed by atoms with Crippen LogP contribution in [0.3, 0.4) is 0 Å². The van der Waals surface area contributed by atoms with E-state index in [1.807, 2.05) is 0 Å². The van der Waals surface area contributed by atoms with Gasteiger partial charge in [-0.25, -0.2) is 0 Å². The Kier molecular flexibility index (Phi) is 4.27. The molecule has 1 aliphatic rings. The molecule has 2 aromatic heterocycles. The molecule has 3 rings (SSSR count). The second-order valence-corrected chi connectivity index (χ2v) is 5.35. The van der Waals surface area contributed by atoms with Crippen molar-refractivity contribution in [1.29, 1.82) is 0 Å². The largest absolute Gasteiger partial charge is 0.472 e. The average Bonchev–Trinajstić information content (AvgIpc) is 3.11. The van der Waals surface area contributed by atoms with Crippen LogP contribution in [0.15, 0.2) is 52.2 Å². The van der Waals surface area contributed by atoms with Gasteiger partial charge in [0.15, 0.2) is 0 Å². The number of amides is 2. The second-order valence-electron chi connectivity index (χ2n) is 5.35. The first-order valence-electron chi connectivity index (χ1n) is 7.40. The normalized spacial score (nSPS) is 14.8. The predicted octanol–water partition coefficient (Wildman–Crippen LogP) is 0.426. The van der Waals surface area contributed by atoms with Crippen LogP contribution in [0, 0.1) is 0 Å². The zero-order chi connectivity index (χ0) is 16.2. The number of nitrogens with zero attached hydrogens (tertiary/aromatic N) is 3. The summed E-state index contributed by atoms with van der Waals surface area (Å²) in [5, 5.41) is 0. The summed E-state index contributed by atoms with van der Waals surface area (Å²) in [6.07, 6.45) is 4.48. The number of hydrogen-bond acceptors (Lipinski definition) is 4. The number of piperazine rings is 1. The molecule has 0 N–H and O–H groups in total. The quantitative estimate of drug-likeness (QED) is 0.823. The van der Waals surface area contributed by atoms with Gasteiger partial charge >= 0.3 is 0 Å².